The second-order valence-electron chi connectivity index (χ2n) is 5.11. The van der Waals surface area contributed by atoms with E-state index in [9.17, 15) is 9.18 Å². The highest BCUT2D eigenvalue weighted by molar-refractivity contribution is 6.30. The molecule has 0 heterocycles. The van der Waals surface area contributed by atoms with Crippen molar-refractivity contribution in [3.05, 3.63) is 60.2 Å². The van der Waals surface area contributed by atoms with Gasteiger partial charge < -0.3 is 9.64 Å². The molecule has 2 aromatic rings. The average molecular weight is 335 g/mol. The van der Waals surface area contributed by atoms with E-state index in [0.717, 1.165) is 5.56 Å². The predicted octanol–water partition coefficient (Wildman–Crippen LogP) is 4.21. The van der Waals surface area contributed by atoms with Crippen LogP contribution in [0.2, 0.25) is 5.02 Å². The first-order valence-electron chi connectivity index (χ1n) is 7.22. The Kier molecular flexibility index (Phi) is 5.99. The molecule has 0 aromatic heterocycles. The maximum Gasteiger partial charge on any atom is 0.260 e. The molecule has 5 heteroatoms. The monoisotopic (exact) mass is 334 g/mol. The molecule has 2 aromatic carbocycles. The maximum atomic E-state index is 13.6. The summed E-state index contributed by atoms with van der Waals surface area (Å²) >= 11 is 5.99. The molecule has 23 heavy (non-hydrogen) atoms. The van der Waals surface area contributed by atoms with Crippen LogP contribution in [0.5, 0.6) is 5.75 Å². The van der Waals surface area contributed by atoms with Crippen LogP contribution in [0.4, 0.5) is 4.39 Å². The van der Waals surface area contributed by atoms with E-state index in [4.69, 9.17) is 16.3 Å². The maximum absolute atomic E-state index is 13.6. The number of amides is 1. The molecule has 1 radical (unpaired) electrons. The molecule has 0 aliphatic heterocycles. The molecular formula is C18H18ClFNO2. The number of carbonyl (C=O) groups is 1. The molecule has 0 unspecified atom stereocenters. The summed E-state index contributed by atoms with van der Waals surface area (Å²) < 4.78 is 19.2. The van der Waals surface area contributed by atoms with Gasteiger partial charge in [0, 0.05) is 24.2 Å². The Bertz CT molecular complexity index is 690. The molecule has 0 atom stereocenters. The third kappa shape index (κ3) is 4.70. The van der Waals surface area contributed by atoms with Crippen LogP contribution in [0.15, 0.2) is 42.5 Å². The first-order valence-corrected chi connectivity index (χ1v) is 7.60. The molecule has 0 bridgehead atoms. The van der Waals surface area contributed by atoms with Crippen molar-refractivity contribution >= 4 is 17.5 Å². The van der Waals surface area contributed by atoms with Gasteiger partial charge in [0.1, 0.15) is 11.6 Å². The summed E-state index contributed by atoms with van der Waals surface area (Å²) in [5, 5.41) is 0.545. The summed E-state index contributed by atoms with van der Waals surface area (Å²) in [4.78, 5) is 13.5. The predicted molar refractivity (Wildman–Crippen MR) is 90.0 cm³/mol. The normalized spacial score (nSPS) is 10.4. The fourth-order valence-electron chi connectivity index (χ4n) is 2.12. The van der Waals surface area contributed by atoms with Crippen LogP contribution in [0.25, 0.3) is 11.1 Å². The Labute approximate surface area is 140 Å². The molecule has 0 spiro atoms. The minimum Gasteiger partial charge on any atom is -0.483 e. The first-order chi connectivity index (χ1) is 11.0. The highest BCUT2D eigenvalue weighted by Crippen LogP contribution is 2.32. The standard InChI is InChI=1S/C18H18ClFNO2/c1-3-9-21(2)18(22)12-23-17-8-7-15(20)11-16(17)13-5-4-6-14(19)10-13/h4-8,10-11H,1,3,9,12H2,2H3. The van der Waals surface area contributed by atoms with Crippen LogP contribution in [0.3, 0.4) is 0 Å². The molecule has 2 rings (SSSR count). The van der Waals surface area contributed by atoms with Crippen molar-refractivity contribution in [2.75, 3.05) is 20.2 Å². The lowest BCUT2D eigenvalue weighted by Crippen LogP contribution is -2.32. The SMILES string of the molecule is [CH2]CCN(C)C(=O)COc1ccc(F)cc1-c1cccc(Cl)c1. The summed E-state index contributed by atoms with van der Waals surface area (Å²) in [5.74, 6) is -0.104. The van der Waals surface area contributed by atoms with Crippen LogP contribution < -0.4 is 4.74 Å². The zero-order valence-electron chi connectivity index (χ0n) is 12.9. The number of benzene rings is 2. The number of likely N-dealkylation sites (N-methyl/N-ethyl adjacent to an activating group) is 1. The third-order valence-corrected chi connectivity index (χ3v) is 3.58. The molecule has 121 valence electrons. The van der Waals surface area contributed by atoms with Crippen LogP contribution in [0.1, 0.15) is 6.42 Å². The minimum atomic E-state index is -0.382. The van der Waals surface area contributed by atoms with E-state index in [-0.39, 0.29) is 18.3 Å². The van der Waals surface area contributed by atoms with Crippen molar-refractivity contribution < 1.29 is 13.9 Å². The third-order valence-electron chi connectivity index (χ3n) is 3.35. The van der Waals surface area contributed by atoms with Gasteiger partial charge in [0.15, 0.2) is 6.61 Å². The largest absolute Gasteiger partial charge is 0.483 e. The van der Waals surface area contributed by atoms with Gasteiger partial charge in [-0.15, -0.1) is 0 Å². The van der Waals surface area contributed by atoms with Gasteiger partial charge in [-0.25, -0.2) is 4.39 Å². The van der Waals surface area contributed by atoms with Gasteiger partial charge in [-0.1, -0.05) is 30.7 Å². The molecule has 1 amide bonds. The van der Waals surface area contributed by atoms with E-state index < -0.39 is 0 Å². The molecule has 3 nitrogen and oxygen atoms in total. The van der Waals surface area contributed by atoms with E-state index >= 15 is 0 Å². The van der Waals surface area contributed by atoms with E-state index in [1.807, 2.05) is 6.07 Å². The van der Waals surface area contributed by atoms with Crippen LogP contribution >= 0.6 is 11.6 Å². The van der Waals surface area contributed by atoms with E-state index in [1.165, 1.54) is 18.2 Å². The van der Waals surface area contributed by atoms with Gasteiger partial charge in [-0.2, -0.15) is 0 Å². The zero-order valence-corrected chi connectivity index (χ0v) is 13.6. The Balaban J connectivity index is 2.21. The van der Waals surface area contributed by atoms with Crippen molar-refractivity contribution in [2.45, 2.75) is 6.42 Å². The Morgan fingerprint density at radius 2 is 2.09 bits per heavy atom. The molecule has 0 fully saturated rings. The van der Waals surface area contributed by atoms with E-state index in [2.05, 4.69) is 6.92 Å². The van der Waals surface area contributed by atoms with Crippen molar-refractivity contribution in [2.24, 2.45) is 0 Å². The molecule has 0 N–H and O–H groups in total. The van der Waals surface area contributed by atoms with E-state index in [1.54, 1.807) is 30.1 Å². The van der Waals surface area contributed by atoms with Gasteiger partial charge in [-0.05, 0) is 42.3 Å². The topological polar surface area (TPSA) is 29.5 Å². The lowest BCUT2D eigenvalue weighted by molar-refractivity contribution is -0.132. The second kappa shape index (κ2) is 7.97. The number of ether oxygens (including phenoxy) is 1. The summed E-state index contributed by atoms with van der Waals surface area (Å²) in [7, 11) is 1.69. The smallest absolute Gasteiger partial charge is 0.260 e. The van der Waals surface area contributed by atoms with Gasteiger partial charge in [0.25, 0.3) is 5.91 Å². The Hall–Kier alpha value is -2.07. The van der Waals surface area contributed by atoms with Crippen molar-refractivity contribution in [3.8, 4) is 16.9 Å². The molecule has 0 aliphatic rings. The minimum absolute atomic E-state index is 0.115. The van der Waals surface area contributed by atoms with Gasteiger partial charge in [-0.3, -0.25) is 4.79 Å². The number of carbonyl (C=O) groups excluding carboxylic acids is 1. The van der Waals surface area contributed by atoms with Crippen molar-refractivity contribution in [1.82, 2.24) is 4.90 Å². The lowest BCUT2D eigenvalue weighted by atomic mass is 10.0. The Morgan fingerprint density at radius 3 is 2.78 bits per heavy atom. The number of hydrogen-bond acceptors (Lipinski definition) is 2. The zero-order chi connectivity index (χ0) is 16.8. The Morgan fingerprint density at radius 1 is 1.30 bits per heavy atom. The van der Waals surface area contributed by atoms with Crippen molar-refractivity contribution in [3.63, 3.8) is 0 Å². The lowest BCUT2D eigenvalue weighted by Gasteiger charge is -2.17. The second-order valence-corrected chi connectivity index (χ2v) is 5.54. The molecule has 0 saturated carbocycles. The summed E-state index contributed by atoms with van der Waals surface area (Å²) in [6.07, 6.45) is 0.632. The van der Waals surface area contributed by atoms with Crippen LogP contribution in [-0.2, 0) is 4.79 Å². The van der Waals surface area contributed by atoms with Gasteiger partial charge in [0.2, 0.25) is 0 Å². The number of nitrogens with zero attached hydrogens (tertiary/aromatic N) is 1. The fourth-order valence-corrected chi connectivity index (χ4v) is 2.31. The summed E-state index contributed by atoms with van der Waals surface area (Å²) in [6.45, 7) is 4.16. The van der Waals surface area contributed by atoms with Crippen molar-refractivity contribution in [1.29, 1.82) is 0 Å². The van der Waals surface area contributed by atoms with Crippen LogP contribution in [0, 0.1) is 12.7 Å². The molecule has 0 aliphatic carbocycles. The molecule has 0 saturated heterocycles. The highest BCUT2D eigenvalue weighted by atomic mass is 35.5. The summed E-state index contributed by atoms with van der Waals surface area (Å²) in [5.41, 5.74) is 1.28. The quantitative estimate of drug-likeness (QED) is 0.792. The summed E-state index contributed by atoms with van der Waals surface area (Å²) in [6, 6.07) is 11.2. The van der Waals surface area contributed by atoms with Gasteiger partial charge in [0.05, 0.1) is 0 Å². The average Bonchev–Trinajstić information content (AvgIpc) is 2.53. The number of hydrogen-bond donors (Lipinski definition) is 0. The number of halogens is 2. The van der Waals surface area contributed by atoms with Gasteiger partial charge >= 0.3 is 0 Å². The van der Waals surface area contributed by atoms with Crippen LogP contribution in [-0.4, -0.2) is 31.0 Å². The van der Waals surface area contributed by atoms with E-state index in [0.29, 0.717) is 29.3 Å². The fraction of sp³-hybridized carbons (Fsp3) is 0.222. The first kappa shape index (κ1) is 17.3. The highest BCUT2D eigenvalue weighted by Gasteiger charge is 2.12. The molecular weight excluding hydrogens is 317 g/mol. The number of rotatable bonds is 6.